The summed E-state index contributed by atoms with van der Waals surface area (Å²) in [5, 5.41) is 14.8. The van der Waals surface area contributed by atoms with Crippen molar-refractivity contribution in [2.45, 2.75) is 49.8 Å². The normalized spacial score (nSPS) is 23.4. The van der Waals surface area contributed by atoms with Crippen LogP contribution < -0.4 is 5.32 Å². The van der Waals surface area contributed by atoms with Crippen molar-refractivity contribution in [1.29, 1.82) is 0 Å². The first-order valence-corrected chi connectivity index (χ1v) is 13.1. The van der Waals surface area contributed by atoms with E-state index in [-0.39, 0.29) is 11.8 Å². The van der Waals surface area contributed by atoms with Gasteiger partial charge >= 0.3 is 0 Å². The molecule has 0 saturated heterocycles. The highest BCUT2D eigenvalue weighted by Gasteiger charge is 2.49. The monoisotopic (exact) mass is 522 g/mol. The predicted molar refractivity (Wildman–Crippen MR) is 141 cm³/mol. The summed E-state index contributed by atoms with van der Waals surface area (Å²) >= 11 is 12.9. The lowest BCUT2D eigenvalue weighted by Crippen LogP contribution is -2.53. The number of nitrogens with one attached hydrogen (secondary N) is 1. The van der Waals surface area contributed by atoms with Crippen molar-refractivity contribution in [2.75, 3.05) is 6.54 Å². The van der Waals surface area contributed by atoms with Crippen LogP contribution in [0.2, 0.25) is 10.0 Å². The molecule has 186 valence electrons. The Balaban J connectivity index is 1.57. The van der Waals surface area contributed by atoms with Crippen molar-refractivity contribution >= 4 is 35.0 Å². The van der Waals surface area contributed by atoms with Gasteiger partial charge in [-0.1, -0.05) is 77.8 Å². The lowest BCUT2D eigenvalue weighted by atomic mass is 9.78. The number of nitrogens with zero attached hydrogens (tertiary/aromatic N) is 1. The molecule has 1 fully saturated rings. The van der Waals surface area contributed by atoms with Crippen molar-refractivity contribution in [2.24, 2.45) is 0 Å². The smallest absolute Gasteiger partial charge is 0.255 e. The second kappa shape index (κ2) is 10.6. The molecule has 5 rings (SSSR count). The van der Waals surface area contributed by atoms with Crippen LogP contribution in [0.25, 0.3) is 0 Å². The molecule has 0 spiro atoms. The Bertz CT molecular complexity index is 1270. The second-order valence-corrected chi connectivity index (χ2v) is 10.3. The topological polar surface area (TPSA) is 69.6 Å². The van der Waals surface area contributed by atoms with Crippen LogP contribution in [-0.4, -0.2) is 40.5 Å². The predicted octanol–water partition coefficient (Wildman–Crippen LogP) is 5.55. The van der Waals surface area contributed by atoms with Gasteiger partial charge in [0.2, 0.25) is 5.91 Å². The molecule has 0 aromatic heterocycles. The van der Waals surface area contributed by atoms with Crippen molar-refractivity contribution in [1.82, 2.24) is 10.2 Å². The Morgan fingerprint density at radius 2 is 1.72 bits per heavy atom. The zero-order valence-electron chi connectivity index (χ0n) is 19.7. The minimum atomic E-state index is -0.693. The maximum absolute atomic E-state index is 13.9. The molecule has 3 aromatic carbocycles. The lowest BCUT2D eigenvalue weighted by Gasteiger charge is -2.45. The molecule has 5 nitrogen and oxygen atoms in total. The van der Waals surface area contributed by atoms with Gasteiger partial charge in [-0.2, -0.15) is 0 Å². The number of amides is 2. The summed E-state index contributed by atoms with van der Waals surface area (Å²) in [6.07, 6.45) is 2.13. The number of aliphatic hydroxyl groups excluding tert-OH is 1. The molecule has 4 unspecified atom stereocenters. The van der Waals surface area contributed by atoms with Gasteiger partial charge in [0, 0.05) is 22.2 Å². The van der Waals surface area contributed by atoms with Crippen LogP contribution >= 0.6 is 23.2 Å². The number of aliphatic hydroxyl groups is 1. The van der Waals surface area contributed by atoms with Crippen LogP contribution in [0.3, 0.4) is 0 Å². The SMILES string of the molecule is O=C(NCCc1ccccc1)C1c2ccccc2C(=O)N(C2CCCC2O)C1c1ccc(Cl)cc1Cl. The van der Waals surface area contributed by atoms with Crippen molar-refractivity contribution in [3.63, 3.8) is 0 Å². The molecule has 7 heteroatoms. The van der Waals surface area contributed by atoms with E-state index >= 15 is 0 Å². The van der Waals surface area contributed by atoms with E-state index in [0.29, 0.717) is 52.5 Å². The van der Waals surface area contributed by atoms with Crippen LogP contribution in [-0.2, 0) is 11.2 Å². The number of fused-ring (bicyclic) bond motifs is 1. The maximum atomic E-state index is 13.9. The van der Waals surface area contributed by atoms with Crippen LogP contribution in [0.1, 0.15) is 58.3 Å². The molecular weight excluding hydrogens is 495 g/mol. The average Bonchev–Trinajstić information content (AvgIpc) is 3.30. The lowest BCUT2D eigenvalue weighted by molar-refractivity contribution is -0.124. The number of hydrogen-bond acceptors (Lipinski definition) is 3. The van der Waals surface area contributed by atoms with E-state index in [1.165, 1.54) is 0 Å². The van der Waals surface area contributed by atoms with E-state index in [4.69, 9.17) is 23.2 Å². The molecule has 4 atom stereocenters. The van der Waals surface area contributed by atoms with Crippen molar-refractivity contribution in [3.8, 4) is 0 Å². The molecule has 2 N–H and O–H groups in total. The summed E-state index contributed by atoms with van der Waals surface area (Å²) in [7, 11) is 0. The van der Waals surface area contributed by atoms with Gasteiger partial charge in [0.1, 0.15) is 0 Å². The molecule has 3 aromatic rings. The Labute approximate surface area is 221 Å². The minimum Gasteiger partial charge on any atom is -0.391 e. The van der Waals surface area contributed by atoms with Crippen molar-refractivity contribution < 1.29 is 14.7 Å². The van der Waals surface area contributed by atoms with Crippen LogP contribution in [0.15, 0.2) is 72.8 Å². The van der Waals surface area contributed by atoms with E-state index in [9.17, 15) is 14.7 Å². The Morgan fingerprint density at radius 1 is 0.972 bits per heavy atom. The van der Waals surface area contributed by atoms with E-state index in [2.05, 4.69) is 5.32 Å². The molecule has 1 saturated carbocycles. The molecule has 0 radical (unpaired) electrons. The number of benzene rings is 3. The first kappa shape index (κ1) is 24.8. The van der Waals surface area contributed by atoms with Gasteiger partial charge in [-0.05, 0) is 60.6 Å². The second-order valence-electron chi connectivity index (χ2n) is 9.48. The summed E-state index contributed by atoms with van der Waals surface area (Å²) in [4.78, 5) is 29.5. The van der Waals surface area contributed by atoms with Gasteiger partial charge in [-0.25, -0.2) is 0 Å². The molecule has 1 heterocycles. The molecular formula is C29H28Cl2N2O3. The summed E-state index contributed by atoms with van der Waals surface area (Å²) in [5.41, 5.74) is 2.93. The first-order valence-electron chi connectivity index (χ1n) is 12.3. The van der Waals surface area contributed by atoms with Gasteiger partial charge in [0.25, 0.3) is 5.91 Å². The molecule has 1 aliphatic heterocycles. The van der Waals surface area contributed by atoms with Crippen molar-refractivity contribution in [3.05, 3.63) is 105 Å². The fourth-order valence-electron chi connectivity index (χ4n) is 5.60. The van der Waals surface area contributed by atoms with E-state index in [0.717, 1.165) is 12.0 Å². The maximum Gasteiger partial charge on any atom is 0.255 e. The Kier molecular flexibility index (Phi) is 7.33. The van der Waals surface area contributed by atoms with Crippen LogP contribution in [0.5, 0.6) is 0 Å². The number of hydrogen-bond donors (Lipinski definition) is 2. The average molecular weight is 523 g/mol. The van der Waals surface area contributed by atoms with Gasteiger partial charge in [-0.3, -0.25) is 9.59 Å². The molecule has 2 amide bonds. The number of carbonyl (C=O) groups excluding carboxylic acids is 2. The van der Waals surface area contributed by atoms with Gasteiger partial charge in [0.05, 0.1) is 24.1 Å². The van der Waals surface area contributed by atoms with E-state index in [1.807, 2.05) is 42.5 Å². The van der Waals surface area contributed by atoms with Crippen LogP contribution in [0, 0.1) is 0 Å². The third-order valence-electron chi connectivity index (χ3n) is 7.30. The molecule has 0 bridgehead atoms. The Hall–Kier alpha value is -2.86. The number of carbonyl (C=O) groups is 2. The fourth-order valence-corrected chi connectivity index (χ4v) is 6.12. The highest BCUT2D eigenvalue weighted by atomic mass is 35.5. The molecule has 2 aliphatic rings. The minimum absolute atomic E-state index is 0.181. The summed E-state index contributed by atoms with van der Waals surface area (Å²) in [6, 6.07) is 21.3. The Morgan fingerprint density at radius 3 is 2.44 bits per heavy atom. The van der Waals surface area contributed by atoms with E-state index < -0.39 is 24.1 Å². The summed E-state index contributed by atoms with van der Waals surface area (Å²) in [6.45, 7) is 0.461. The van der Waals surface area contributed by atoms with Gasteiger partial charge in [-0.15, -0.1) is 0 Å². The zero-order chi connectivity index (χ0) is 25.2. The van der Waals surface area contributed by atoms with Gasteiger partial charge < -0.3 is 15.3 Å². The van der Waals surface area contributed by atoms with E-state index in [1.54, 1.807) is 35.2 Å². The number of rotatable bonds is 6. The third-order valence-corrected chi connectivity index (χ3v) is 7.86. The standard InChI is InChI=1S/C29H28Cl2N2O3/c30-19-13-14-22(23(31)17-19)27-26(28(35)32-16-15-18-7-2-1-3-8-18)20-9-4-5-10-21(20)29(36)33(27)24-11-6-12-25(24)34/h1-5,7-10,13-14,17,24-27,34H,6,11-12,15-16H2,(H,32,35). The summed E-state index contributed by atoms with van der Waals surface area (Å²) < 4.78 is 0. The zero-order valence-corrected chi connectivity index (χ0v) is 21.3. The van der Waals surface area contributed by atoms with Gasteiger partial charge in [0.15, 0.2) is 0 Å². The fraction of sp³-hybridized carbons (Fsp3) is 0.310. The summed E-state index contributed by atoms with van der Waals surface area (Å²) in [5.74, 6) is -1.07. The third kappa shape index (κ3) is 4.75. The molecule has 36 heavy (non-hydrogen) atoms. The molecule has 1 aliphatic carbocycles. The number of halogens is 2. The van der Waals surface area contributed by atoms with Crippen LogP contribution in [0.4, 0.5) is 0 Å². The highest BCUT2D eigenvalue weighted by Crippen LogP contribution is 2.48. The highest BCUT2D eigenvalue weighted by molar-refractivity contribution is 6.35. The largest absolute Gasteiger partial charge is 0.391 e. The first-order chi connectivity index (χ1) is 17.5. The quantitative estimate of drug-likeness (QED) is 0.446.